The predicted octanol–water partition coefficient (Wildman–Crippen LogP) is 4.59. The molecule has 1 atom stereocenters. The summed E-state index contributed by atoms with van der Waals surface area (Å²) in [5.74, 6) is 0.423. The summed E-state index contributed by atoms with van der Waals surface area (Å²) in [6.07, 6.45) is -3.09. The molecule has 0 aliphatic heterocycles. The van der Waals surface area contributed by atoms with E-state index in [4.69, 9.17) is 0 Å². The van der Waals surface area contributed by atoms with Crippen molar-refractivity contribution in [2.45, 2.75) is 32.0 Å². The third-order valence-corrected chi connectivity index (χ3v) is 4.38. The number of hydrogen-bond donors (Lipinski definition) is 1. The number of halogens is 3. The number of rotatable bonds is 4. The summed E-state index contributed by atoms with van der Waals surface area (Å²) in [6.45, 7) is 4.20. The highest BCUT2D eigenvalue weighted by Gasteiger charge is 2.35. The van der Waals surface area contributed by atoms with Gasteiger partial charge in [-0.2, -0.15) is 13.2 Å². The summed E-state index contributed by atoms with van der Waals surface area (Å²) in [6, 6.07) is 7.64. The van der Waals surface area contributed by atoms with Crippen LogP contribution in [-0.4, -0.2) is 12.0 Å². The van der Waals surface area contributed by atoms with Crippen LogP contribution in [0.5, 0.6) is 0 Å². The van der Waals surface area contributed by atoms with E-state index in [2.05, 4.69) is 24.1 Å². The van der Waals surface area contributed by atoms with Gasteiger partial charge < -0.3 is 5.32 Å². The molecule has 1 unspecified atom stereocenters. The molecular weight excluding hydrogens is 297 g/mol. The van der Waals surface area contributed by atoms with Crippen LogP contribution in [0.15, 0.2) is 30.5 Å². The monoisotopic (exact) mass is 314 g/mol. The first kappa shape index (κ1) is 16.0. The van der Waals surface area contributed by atoms with Gasteiger partial charge in [0.2, 0.25) is 0 Å². The molecule has 0 bridgehead atoms. The molecule has 1 heterocycles. The minimum atomic E-state index is -4.39. The summed E-state index contributed by atoms with van der Waals surface area (Å²) in [5, 5.41) is 2.24. The Morgan fingerprint density at radius 2 is 1.67 bits per heavy atom. The van der Waals surface area contributed by atoms with Crippen molar-refractivity contribution in [3.63, 3.8) is 0 Å². The van der Waals surface area contributed by atoms with Crippen LogP contribution in [0.4, 0.5) is 13.2 Å². The Bertz CT molecular complexity index is 588. The Kier molecular flexibility index (Phi) is 4.68. The molecule has 114 valence electrons. The number of hydrogen-bond acceptors (Lipinski definition) is 3. The number of aromatic nitrogens is 1. The Hall–Kier alpha value is -1.40. The molecule has 1 aromatic heterocycles. The second-order valence-corrected chi connectivity index (χ2v) is 6.17. The Morgan fingerprint density at radius 3 is 2.10 bits per heavy atom. The van der Waals surface area contributed by atoms with E-state index in [0.717, 1.165) is 5.56 Å². The Labute approximate surface area is 126 Å². The predicted molar refractivity (Wildman–Crippen MR) is 78.5 cm³/mol. The van der Waals surface area contributed by atoms with Gasteiger partial charge in [0.25, 0.3) is 0 Å². The van der Waals surface area contributed by atoms with Crippen molar-refractivity contribution in [3.8, 4) is 0 Å². The van der Waals surface area contributed by atoms with Crippen LogP contribution in [0.2, 0.25) is 0 Å². The molecule has 0 radical (unpaired) electrons. The number of nitrogens with zero attached hydrogens (tertiary/aromatic N) is 1. The van der Waals surface area contributed by atoms with E-state index >= 15 is 0 Å². The number of thiazole rings is 1. The second-order valence-electron chi connectivity index (χ2n) is 5.11. The zero-order chi connectivity index (χ0) is 15.6. The van der Waals surface area contributed by atoms with Gasteiger partial charge in [0, 0.05) is 11.1 Å². The molecule has 0 fully saturated rings. The highest BCUT2D eigenvalue weighted by molar-refractivity contribution is 7.11. The van der Waals surface area contributed by atoms with Crippen molar-refractivity contribution in [2.24, 2.45) is 0 Å². The van der Waals surface area contributed by atoms with E-state index in [0.29, 0.717) is 22.1 Å². The van der Waals surface area contributed by atoms with Gasteiger partial charge in [-0.15, -0.1) is 11.3 Å². The fraction of sp³-hybridized carbons (Fsp3) is 0.400. The zero-order valence-electron chi connectivity index (χ0n) is 12.0. The van der Waals surface area contributed by atoms with Crippen molar-refractivity contribution in [1.82, 2.24) is 10.3 Å². The minimum Gasteiger partial charge on any atom is -0.309 e. The fourth-order valence-electron chi connectivity index (χ4n) is 2.10. The topological polar surface area (TPSA) is 24.9 Å². The lowest BCUT2D eigenvalue weighted by atomic mass is 9.99. The lowest BCUT2D eigenvalue weighted by molar-refractivity contribution is -0.137. The van der Waals surface area contributed by atoms with Gasteiger partial charge in [-0.25, -0.2) is 4.98 Å². The van der Waals surface area contributed by atoms with E-state index in [1.165, 1.54) is 11.8 Å². The fourth-order valence-corrected chi connectivity index (χ4v) is 3.02. The van der Waals surface area contributed by atoms with Gasteiger partial charge in [0.15, 0.2) is 5.01 Å². The van der Waals surface area contributed by atoms with E-state index in [-0.39, 0.29) is 6.04 Å². The summed E-state index contributed by atoms with van der Waals surface area (Å²) < 4.78 is 37.9. The lowest BCUT2D eigenvalue weighted by Crippen LogP contribution is -2.16. The van der Waals surface area contributed by atoms with Crippen LogP contribution >= 0.6 is 11.3 Å². The zero-order valence-corrected chi connectivity index (χ0v) is 12.8. The molecule has 0 saturated carbocycles. The first-order chi connectivity index (χ1) is 9.82. The summed E-state index contributed by atoms with van der Waals surface area (Å²) in [7, 11) is 1.73. The van der Waals surface area contributed by atoms with Crippen LogP contribution < -0.4 is 5.32 Å². The maximum absolute atomic E-state index is 12.6. The highest BCUT2D eigenvalue weighted by Crippen LogP contribution is 2.36. The van der Waals surface area contributed by atoms with Crippen LogP contribution in [0, 0.1) is 0 Å². The smallest absolute Gasteiger partial charge is 0.309 e. The Balaban J connectivity index is 2.29. The molecule has 2 rings (SSSR count). The van der Waals surface area contributed by atoms with E-state index in [9.17, 15) is 13.2 Å². The number of nitrogens with one attached hydrogen (secondary N) is 1. The van der Waals surface area contributed by atoms with Gasteiger partial charge in [0.05, 0.1) is 6.04 Å². The molecule has 0 saturated heterocycles. The maximum Gasteiger partial charge on any atom is 0.443 e. The molecule has 1 N–H and O–H groups in total. The Morgan fingerprint density at radius 1 is 1.10 bits per heavy atom. The lowest BCUT2D eigenvalue weighted by Gasteiger charge is -2.15. The van der Waals surface area contributed by atoms with Gasteiger partial charge >= 0.3 is 6.18 Å². The van der Waals surface area contributed by atoms with Crippen LogP contribution in [0.3, 0.4) is 0 Å². The number of alkyl halides is 3. The van der Waals surface area contributed by atoms with Gasteiger partial charge in [0.1, 0.15) is 0 Å². The van der Waals surface area contributed by atoms with E-state index < -0.39 is 11.2 Å². The molecule has 0 amide bonds. The quantitative estimate of drug-likeness (QED) is 0.892. The molecule has 21 heavy (non-hydrogen) atoms. The first-order valence-electron chi connectivity index (χ1n) is 6.63. The van der Waals surface area contributed by atoms with Crippen LogP contribution in [0.25, 0.3) is 0 Å². The third kappa shape index (κ3) is 3.63. The maximum atomic E-state index is 12.6. The van der Waals surface area contributed by atoms with Crippen molar-refractivity contribution in [3.05, 3.63) is 51.5 Å². The average Bonchev–Trinajstić information content (AvgIpc) is 2.90. The van der Waals surface area contributed by atoms with E-state index in [1.54, 1.807) is 7.05 Å². The van der Waals surface area contributed by atoms with Gasteiger partial charge in [-0.1, -0.05) is 38.1 Å². The summed E-state index contributed by atoms with van der Waals surface area (Å²) in [4.78, 5) is 4.04. The van der Waals surface area contributed by atoms with Crippen molar-refractivity contribution >= 4 is 11.3 Å². The van der Waals surface area contributed by atoms with Gasteiger partial charge in [-0.3, -0.25) is 0 Å². The average molecular weight is 314 g/mol. The standard InChI is InChI=1S/C15H17F3N2S/c1-9(2)10-4-6-11(7-5-10)13(19-3)12-8-20-14(21-12)15(16,17)18/h4-9,13,19H,1-3H3. The minimum absolute atomic E-state index is 0.278. The largest absolute Gasteiger partial charge is 0.443 e. The molecule has 6 heteroatoms. The normalized spacial score (nSPS) is 13.7. The van der Waals surface area contributed by atoms with Crippen molar-refractivity contribution in [2.75, 3.05) is 7.05 Å². The van der Waals surface area contributed by atoms with Crippen LogP contribution in [-0.2, 0) is 6.18 Å². The van der Waals surface area contributed by atoms with Crippen molar-refractivity contribution in [1.29, 1.82) is 0 Å². The molecule has 0 aliphatic rings. The van der Waals surface area contributed by atoms with Crippen LogP contribution in [0.1, 0.15) is 46.8 Å². The van der Waals surface area contributed by atoms with Gasteiger partial charge in [-0.05, 0) is 24.1 Å². The third-order valence-electron chi connectivity index (χ3n) is 3.28. The number of benzene rings is 1. The van der Waals surface area contributed by atoms with Crippen molar-refractivity contribution < 1.29 is 13.2 Å². The summed E-state index contributed by atoms with van der Waals surface area (Å²) in [5.41, 5.74) is 2.13. The molecule has 2 nitrogen and oxygen atoms in total. The molecule has 2 aromatic rings. The molecule has 0 spiro atoms. The first-order valence-corrected chi connectivity index (χ1v) is 7.44. The molecule has 1 aromatic carbocycles. The van der Waals surface area contributed by atoms with E-state index in [1.807, 2.05) is 24.3 Å². The molecule has 0 aliphatic carbocycles. The summed E-state index contributed by atoms with van der Waals surface area (Å²) >= 11 is 0.679. The highest BCUT2D eigenvalue weighted by atomic mass is 32.1. The second kappa shape index (κ2) is 6.15. The SMILES string of the molecule is CNC(c1ccc(C(C)C)cc1)c1cnc(C(F)(F)F)s1. The molecular formula is C15H17F3N2S.